The average molecular weight is 489 g/mol. The van der Waals surface area contributed by atoms with E-state index in [0.717, 1.165) is 29.4 Å². The van der Waals surface area contributed by atoms with Crippen LogP contribution in [0.25, 0.3) is 0 Å². The second kappa shape index (κ2) is 10.00. The van der Waals surface area contributed by atoms with Gasteiger partial charge in [0.1, 0.15) is 0 Å². The van der Waals surface area contributed by atoms with Gasteiger partial charge in [-0.15, -0.1) is 0 Å². The number of rotatable bonds is 6. The number of hydrogen-bond donors (Lipinski definition) is 0. The molecule has 154 valence electrons. The van der Waals surface area contributed by atoms with Gasteiger partial charge in [0.25, 0.3) is 0 Å². The van der Waals surface area contributed by atoms with Gasteiger partial charge in [-0.3, -0.25) is 0 Å². The molecule has 3 aliphatic rings. The van der Waals surface area contributed by atoms with Gasteiger partial charge in [0.2, 0.25) is 0 Å². The van der Waals surface area contributed by atoms with E-state index in [1.165, 1.54) is 96.3 Å². The summed E-state index contributed by atoms with van der Waals surface area (Å²) in [4.78, 5) is 11.1. The van der Waals surface area contributed by atoms with Crippen molar-refractivity contribution >= 4 is 25.1 Å². The van der Waals surface area contributed by atoms with E-state index in [1.807, 2.05) is 12.1 Å². The Hall–Kier alpha value is -0.511. The molecule has 4 rings (SSSR count). The van der Waals surface area contributed by atoms with Crippen molar-refractivity contribution in [3.63, 3.8) is 0 Å². The second-order valence-corrected chi connectivity index (χ2v) is 22.1. The average Bonchev–Trinajstić information content (AvgIpc) is 2.80. The molecule has 0 radical (unpaired) electrons. The Bertz CT molecular complexity index is 562. The summed E-state index contributed by atoms with van der Waals surface area (Å²) in [6.07, 6.45) is 22.4. The van der Waals surface area contributed by atoms with Crippen LogP contribution in [0.1, 0.15) is 107 Å². The molecular formula is C25H38O2Sn. The van der Waals surface area contributed by atoms with Crippen molar-refractivity contribution < 1.29 is 7.87 Å². The summed E-state index contributed by atoms with van der Waals surface area (Å²) >= 11 is -2.96. The van der Waals surface area contributed by atoms with Gasteiger partial charge in [-0.05, 0) is 0 Å². The van der Waals surface area contributed by atoms with Gasteiger partial charge in [0.05, 0.1) is 0 Å². The molecule has 3 saturated carbocycles. The minimum atomic E-state index is -2.96. The zero-order chi connectivity index (χ0) is 19.2. The van der Waals surface area contributed by atoms with E-state index in [4.69, 9.17) is 3.07 Å². The third kappa shape index (κ3) is 4.47. The van der Waals surface area contributed by atoms with E-state index in [1.54, 1.807) is 0 Å². The molecule has 0 unspecified atom stereocenters. The zero-order valence-electron chi connectivity index (χ0n) is 17.5. The minimum absolute atomic E-state index is 0.765. The first-order valence-corrected chi connectivity index (χ1v) is 18.2. The Morgan fingerprint density at radius 3 is 1.39 bits per heavy atom. The van der Waals surface area contributed by atoms with Crippen molar-refractivity contribution in [1.29, 1.82) is 0 Å². The van der Waals surface area contributed by atoms with Gasteiger partial charge in [-0.1, -0.05) is 0 Å². The molecule has 3 fully saturated rings. The van der Waals surface area contributed by atoms with E-state index in [2.05, 4.69) is 12.1 Å². The Labute approximate surface area is 176 Å². The molecule has 0 N–H and O–H groups in total. The molecule has 0 aliphatic heterocycles. The van der Waals surface area contributed by atoms with Crippen LogP contribution in [0.5, 0.6) is 5.75 Å². The number of hydrogen-bond acceptors (Lipinski definition) is 2. The van der Waals surface area contributed by atoms with Crippen LogP contribution in [-0.2, 0) is 0 Å². The first-order valence-electron chi connectivity index (χ1n) is 12.1. The van der Waals surface area contributed by atoms with Gasteiger partial charge >= 0.3 is 177 Å². The van der Waals surface area contributed by atoms with Crippen LogP contribution in [-0.4, -0.2) is 25.1 Å². The van der Waals surface area contributed by atoms with Crippen LogP contribution in [0, 0.1) is 0 Å². The quantitative estimate of drug-likeness (QED) is 0.301. The third-order valence-electron chi connectivity index (χ3n) is 8.04. The SMILES string of the molecule is O=Cc1ccc([O][Sn]([CH]2CCCCC2)([CH]2CCCCC2)[CH]2CCCCC2)cc1. The Morgan fingerprint density at radius 1 is 0.643 bits per heavy atom. The summed E-state index contributed by atoms with van der Waals surface area (Å²) in [6, 6.07) is 8.12. The first kappa shape index (κ1) is 20.7. The van der Waals surface area contributed by atoms with Gasteiger partial charge in [0.15, 0.2) is 0 Å². The molecule has 0 aromatic heterocycles. The van der Waals surface area contributed by atoms with Crippen LogP contribution in [0.15, 0.2) is 24.3 Å². The van der Waals surface area contributed by atoms with Crippen molar-refractivity contribution in [3.8, 4) is 5.75 Å². The molecule has 3 heteroatoms. The van der Waals surface area contributed by atoms with Crippen LogP contribution >= 0.6 is 0 Å². The maximum atomic E-state index is 11.1. The molecule has 0 atom stereocenters. The van der Waals surface area contributed by atoms with E-state index in [9.17, 15) is 4.79 Å². The van der Waals surface area contributed by atoms with Crippen molar-refractivity contribution in [2.24, 2.45) is 0 Å². The molecular weight excluding hydrogens is 451 g/mol. The molecule has 0 heterocycles. The molecule has 1 aromatic carbocycles. The van der Waals surface area contributed by atoms with Crippen LogP contribution in [0.2, 0.25) is 11.8 Å². The fourth-order valence-corrected chi connectivity index (χ4v) is 26.6. The third-order valence-corrected chi connectivity index (χ3v) is 25.6. The summed E-state index contributed by atoms with van der Waals surface area (Å²) in [6.45, 7) is 0. The number of aldehydes is 1. The normalized spacial score (nSPS) is 23.4. The number of benzene rings is 1. The van der Waals surface area contributed by atoms with Crippen LogP contribution in [0.3, 0.4) is 0 Å². The van der Waals surface area contributed by atoms with Crippen LogP contribution < -0.4 is 3.07 Å². The molecule has 0 spiro atoms. The van der Waals surface area contributed by atoms with Gasteiger partial charge in [-0.2, -0.15) is 0 Å². The number of carbonyl (C=O) groups is 1. The summed E-state index contributed by atoms with van der Waals surface area (Å²) in [5, 5.41) is 0. The fourth-order valence-electron chi connectivity index (χ4n) is 6.73. The molecule has 2 nitrogen and oxygen atoms in total. The van der Waals surface area contributed by atoms with Gasteiger partial charge in [-0.25, -0.2) is 0 Å². The Balaban J connectivity index is 1.71. The Kier molecular flexibility index (Phi) is 7.41. The molecule has 0 bridgehead atoms. The summed E-state index contributed by atoms with van der Waals surface area (Å²) in [7, 11) is 0. The zero-order valence-corrected chi connectivity index (χ0v) is 20.4. The first-order chi connectivity index (χ1) is 13.8. The van der Waals surface area contributed by atoms with E-state index < -0.39 is 18.8 Å². The van der Waals surface area contributed by atoms with Crippen molar-refractivity contribution in [3.05, 3.63) is 29.8 Å². The molecule has 1 aromatic rings. The van der Waals surface area contributed by atoms with E-state index >= 15 is 0 Å². The van der Waals surface area contributed by atoms with Crippen molar-refractivity contribution in [2.75, 3.05) is 0 Å². The standard InChI is InChI=1S/C7H6O2.3C6H11.Sn/c8-5-6-1-3-7(9)4-2-6;3*1-2-4-6-5-3-1;/h1-5,9H;3*1H,2-6H2;/q;;;;+1/p-1. The van der Waals surface area contributed by atoms with Gasteiger partial charge < -0.3 is 0 Å². The van der Waals surface area contributed by atoms with Crippen molar-refractivity contribution in [2.45, 2.75) is 108 Å². The fraction of sp³-hybridized carbons (Fsp3) is 0.720. The number of carbonyl (C=O) groups excluding carboxylic acids is 1. The van der Waals surface area contributed by atoms with Crippen LogP contribution in [0.4, 0.5) is 0 Å². The summed E-state index contributed by atoms with van der Waals surface area (Å²) in [5.41, 5.74) is 0.765. The summed E-state index contributed by atoms with van der Waals surface area (Å²) < 4.78 is 10.2. The van der Waals surface area contributed by atoms with E-state index in [-0.39, 0.29) is 0 Å². The maximum absolute atomic E-state index is 11.1. The van der Waals surface area contributed by atoms with Crippen molar-refractivity contribution in [1.82, 2.24) is 0 Å². The monoisotopic (exact) mass is 490 g/mol. The summed E-state index contributed by atoms with van der Waals surface area (Å²) in [5.74, 6) is 1.09. The Morgan fingerprint density at radius 2 is 1.04 bits per heavy atom. The second-order valence-electron chi connectivity index (χ2n) is 9.65. The predicted molar refractivity (Wildman–Crippen MR) is 119 cm³/mol. The molecule has 3 aliphatic carbocycles. The van der Waals surface area contributed by atoms with E-state index in [0.29, 0.717) is 0 Å². The molecule has 28 heavy (non-hydrogen) atoms. The van der Waals surface area contributed by atoms with Gasteiger partial charge in [0, 0.05) is 0 Å². The predicted octanol–water partition coefficient (Wildman–Crippen LogP) is 7.83. The molecule has 0 amide bonds. The topological polar surface area (TPSA) is 26.3 Å². The molecule has 0 saturated heterocycles.